The summed E-state index contributed by atoms with van der Waals surface area (Å²) in [6, 6.07) is 19.2. The molecule has 1 aliphatic heterocycles. The number of nitrogens with zero attached hydrogens (tertiary/aromatic N) is 2. The summed E-state index contributed by atoms with van der Waals surface area (Å²) in [5, 5.41) is 5.45. The van der Waals surface area contributed by atoms with Gasteiger partial charge in [-0.3, -0.25) is 14.5 Å². The Kier molecular flexibility index (Phi) is 7.86. The number of amides is 2. The lowest BCUT2D eigenvalue weighted by molar-refractivity contribution is -0.117. The number of hydrogen-bond acceptors (Lipinski definition) is 5. The van der Waals surface area contributed by atoms with Crippen LogP contribution in [0.1, 0.15) is 15.2 Å². The molecule has 2 aromatic carbocycles. The highest BCUT2D eigenvalue weighted by Crippen LogP contribution is 2.29. The van der Waals surface area contributed by atoms with Crippen LogP contribution in [0.3, 0.4) is 0 Å². The maximum atomic E-state index is 13.2. The van der Waals surface area contributed by atoms with Crippen LogP contribution < -0.4 is 5.32 Å². The molecule has 5 nitrogen and oxygen atoms in total. The molecule has 0 radical (unpaired) electrons. The zero-order valence-electron chi connectivity index (χ0n) is 17.5. The van der Waals surface area contributed by atoms with Gasteiger partial charge in [-0.15, -0.1) is 23.1 Å². The Hall–Kier alpha value is -2.32. The van der Waals surface area contributed by atoms with Crippen LogP contribution in [0.5, 0.6) is 0 Å². The SMILES string of the molecule is O=C(CN1CCN(C(=O)c2ccccc2SCc2cccs2)CC1)Nc1ccccc1Cl. The van der Waals surface area contributed by atoms with Crippen molar-refractivity contribution >= 4 is 52.2 Å². The van der Waals surface area contributed by atoms with Gasteiger partial charge in [0.1, 0.15) is 0 Å². The van der Waals surface area contributed by atoms with E-state index in [2.05, 4.69) is 21.7 Å². The molecular formula is C24H24ClN3O2S2. The summed E-state index contributed by atoms with van der Waals surface area (Å²) in [6.07, 6.45) is 0. The first-order valence-corrected chi connectivity index (χ1v) is 12.6. The fraction of sp³-hybridized carbons (Fsp3) is 0.250. The fourth-order valence-corrected chi connectivity index (χ4v) is 5.55. The molecule has 0 aliphatic carbocycles. The van der Waals surface area contributed by atoms with Gasteiger partial charge in [-0.1, -0.05) is 41.9 Å². The Balaban J connectivity index is 1.30. The molecule has 2 heterocycles. The van der Waals surface area contributed by atoms with Crippen LogP contribution in [0.4, 0.5) is 5.69 Å². The van der Waals surface area contributed by atoms with Gasteiger partial charge >= 0.3 is 0 Å². The van der Waals surface area contributed by atoms with E-state index in [4.69, 9.17) is 11.6 Å². The second-order valence-electron chi connectivity index (χ2n) is 7.46. The van der Waals surface area contributed by atoms with Gasteiger partial charge in [-0.2, -0.15) is 0 Å². The number of rotatable bonds is 7. The summed E-state index contributed by atoms with van der Waals surface area (Å²) < 4.78 is 0. The molecular weight excluding hydrogens is 462 g/mol. The lowest BCUT2D eigenvalue weighted by Gasteiger charge is -2.34. The average molecular weight is 486 g/mol. The minimum atomic E-state index is -0.104. The highest BCUT2D eigenvalue weighted by molar-refractivity contribution is 7.98. The van der Waals surface area contributed by atoms with Crippen molar-refractivity contribution in [2.24, 2.45) is 0 Å². The van der Waals surface area contributed by atoms with Gasteiger partial charge in [0, 0.05) is 41.7 Å². The van der Waals surface area contributed by atoms with Crippen molar-refractivity contribution in [3.63, 3.8) is 0 Å². The third kappa shape index (κ3) is 5.92. The van der Waals surface area contributed by atoms with E-state index in [1.165, 1.54) is 4.88 Å². The fourth-order valence-electron chi connectivity index (χ4n) is 3.55. The molecule has 0 spiro atoms. The van der Waals surface area contributed by atoms with Crippen LogP contribution >= 0.6 is 34.7 Å². The lowest BCUT2D eigenvalue weighted by Crippen LogP contribution is -2.50. The summed E-state index contributed by atoms with van der Waals surface area (Å²) in [5.74, 6) is 0.809. The summed E-state index contributed by atoms with van der Waals surface area (Å²) >= 11 is 9.54. The van der Waals surface area contributed by atoms with Crippen LogP contribution in [0, 0.1) is 0 Å². The molecule has 0 atom stereocenters. The van der Waals surface area contributed by atoms with Crippen molar-refractivity contribution in [3.05, 3.63) is 81.5 Å². The number of thioether (sulfide) groups is 1. The first-order valence-electron chi connectivity index (χ1n) is 10.4. The highest BCUT2D eigenvalue weighted by Gasteiger charge is 2.25. The van der Waals surface area contributed by atoms with Crippen LogP contribution in [0.25, 0.3) is 0 Å². The number of nitrogens with one attached hydrogen (secondary N) is 1. The number of halogens is 1. The van der Waals surface area contributed by atoms with Gasteiger partial charge in [0.15, 0.2) is 0 Å². The molecule has 0 unspecified atom stereocenters. The Morgan fingerprint density at radius 1 is 0.969 bits per heavy atom. The summed E-state index contributed by atoms with van der Waals surface area (Å²) in [7, 11) is 0. The lowest BCUT2D eigenvalue weighted by atomic mass is 10.2. The Morgan fingerprint density at radius 2 is 1.72 bits per heavy atom. The molecule has 0 bridgehead atoms. The van der Waals surface area contributed by atoms with Crippen LogP contribution in [0.2, 0.25) is 5.02 Å². The van der Waals surface area contributed by atoms with Crippen LogP contribution in [-0.2, 0) is 10.5 Å². The maximum absolute atomic E-state index is 13.2. The van der Waals surface area contributed by atoms with Crippen molar-refractivity contribution in [1.82, 2.24) is 9.80 Å². The molecule has 8 heteroatoms. The zero-order chi connectivity index (χ0) is 22.3. The largest absolute Gasteiger partial charge is 0.336 e. The van der Waals surface area contributed by atoms with E-state index in [1.54, 1.807) is 35.2 Å². The molecule has 4 rings (SSSR count). The van der Waals surface area contributed by atoms with E-state index in [-0.39, 0.29) is 18.4 Å². The smallest absolute Gasteiger partial charge is 0.255 e. The highest BCUT2D eigenvalue weighted by atomic mass is 35.5. The van der Waals surface area contributed by atoms with Gasteiger partial charge in [0.05, 0.1) is 22.8 Å². The number of hydrogen-bond donors (Lipinski definition) is 1. The molecule has 0 saturated carbocycles. The number of carbonyl (C=O) groups excluding carboxylic acids is 2. The third-order valence-corrected chi connectivity index (χ3v) is 7.75. The molecule has 1 aromatic heterocycles. The normalized spacial score (nSPS) is 14.3. The van der Waals surface area contributed by atoms with Gasteiger partial charge in [0.25, 0.3) is 5.91 Å². The topological polar surface area (TPSA) is 52.7 Å². The van der Waals surface area contributed by atoms with Crippen molar-refractivity contribution < 1.29 is 9.59 Å². The third-order valence-electron chi connectivity index (χ3n) is 5.24. The second-order valence-corrected chi connectivity index (χ2v) is 9.92. The second kappa shape index (κ2) is 11.0. The standard InChI is InChI=1S/C24H24ClN3O2S2/c25-20-8-2-3-9-21(20)26-23(29)16-27-11-13-28(14-12-27)24(30)19-7-1-4-10-22(19)32-17-18-6-5-15-31-18/h1-10,15H,11-14,16-17H2,(H,26,29). The molecule has 32 heavy (non-hydrogen) atoms. The monoisotopic (exact) mass is 485 g/mol. The summed E-state index contributed by atoms with van der Waals surface area (Å²) in [5.41, 5.74) is 1.36. The number of piperazine rings is 1. The van der Waals surface area contributed by atoms with E-state index < -0.39 is 0 Å². The van der Waals surface area contributed by atoms with Crippen LogP contribution in [0.15, 0.2) is 70.9 Å². The Bertz CT molecular complexity index is 1070. The molecule has 166 valence electrons. The van der Waals surface area contributed by atoms with E-state index in [0.29, 0.717) is 36.9 Å². The summed E-state index contributed by atoms with van der Waals surface area (Å²) in [4.78, 5) is 31.8. The van der Waals surface area contributed by atoms with Crippen molar-refractivity contribution in [3.8, 4) is 0 Å². The van der Waals surface area contributed by atoms with E-state index in [9.17, 15) is 9.59 Å². The molecule has 1 fully saturated rings. The van der Waals surface area contributed by atoms with E-state index >= 15 is 0 Å². The number of anilines is 1. The predicted octanol–water partition coefficient (Wildman–Crippen LogP) is 5.09. The van der Waals surface area contributed by atoms with E-state index in [0.717, 1.165) is 16.2 Å². The van der Waals surface area contributed by atoms with Crippen LogP contribution in [-0.4, -0.2) is 54.3 Å². The van der Waals surface area contributed by atoms with Gasteiger partial charge in [-0.05, 0) is 35.7 Å². The first kappa shape index (κ1) is 22.9. The Labute approximate surface area is 201 Å². The quantitative estimate of drug-likeness (QED) is 0.473. The van der Waals surface area contributed by atoms with Gasteiger partial charge in [0.2, 0.25) is 5.91 Å². The Morgan fingerprint density at radius 3 is 2.47 bits per heavy atom. The van der Waals surface area contributed by atoms with Gasteiger partial charge < -0.3 is 10.2 Å². The molecule has 1 N–H and O–H groups in total. The summed E-state index contributed by atoms with van der Waals surface area (Å²) in [6.45, 7) is 2.79. The van der Waals surface area contributed by atoms with Crippen molar-refractivity contribution in [2.75, 3.05) is 38.0 Å². The number of carbonyl (C=O) groups is 2. The molecule has 1 aliphatic rings. The molecule has 2 amide bonds. The molecule has 1 saturated heterocycles. The number of benzene rings is 2. The first-order chi connectivity index (χ1) is 15.6. The maximum Gasteiger partial charge on any atom is 0.255 e. The minimum Gasteiger partial charge on any atom is -0.336 e. The zero-order valence-corrected chi connectivity index (χ0v) is 19.9. The van der Waals surface area contributed by atoms with Gasteiger partial charge in [-0.25, -0.2) is 0 Å². The van der Waals surface area contributed by atoms with Crippen molar-refractivity contribution in [1.29, 1.82) is 0 Å². The average Bonchev–Trinajstić information content (AvgIpc) is 3.33. The molecule has 3 aromatic rings. The minimum absolute atomic E-state index is 0.0550. The van der Waals surface area contributed by atoms with Crippen molar-refractivity contribution in [2.45, 2.75) is 10.6 Å². The van der Waals surface area contributed by atoms with E-state index in [1.807, 2.05) is 47.4 Å². The number of thiophene rings is 1. The number of para-hydroxylation sites is 1. The predicted molar refractivity (Wildman–Crippen MR) is 133 cm³/mol.